The summed E-state index contributed by atoms with van der Waals surface area (Å²) < 4.78 is 0. The van der Waals surface area contributed by atoms with Crippen LogP contribution in [0.25, 0.3) is 11.0 Å². The number of carbonyl (C=O) groups excluding carboxylic acids is 1. The molecule has 1 aromatic carbocycles. The van der Waals surface area contributed by atoms with Crippen molar-refractivity contribution >= 4 is 16.9 Å². The zero-order valence-electron chi connectivity index (χ0n) is 8.40. The van der Waals surface area contributed by atoms with Crippen LogP contribution < -0.4 is 5.73 Å². The normalized spacial score (nSPS) is 10.5. The lowest BCUT2D eigenvalue weighted by molar-refractivity contribution is 0.0994. The molecule has 0 unspecified atom stereocenters. The Morgan fingerprint density at radius 1 is 1.27 bits per heavy atom. The topological polar surface area (TPSA) is 68.9 Å². The fourth-order valence-corrected chi connectivity index (χ4v) is 1.48. The van der Waals surface area contributed by atoms with E-state index < -0.39 is 5.91 Å². The molecule has 0 aliphatic heterocycles. The number of fused-ring (bicyclic) bond motifs is 1. The molecule has 0 spiro atoms. The lowest BCUT2D eigenvalue weighted by Gasteiger charge is -2.04. The summed E-state index contributed by atoms with van der Waals surface area (Å²) in [5.41, 5.74) is 7.66. The van der Waals surface area contributed by atoms with E-state index in [1.807, 2.05) is 31.2 Å². The van der Waals surface area contributed by atoms with Crippen LogP contribution in [0.15, 0.2) is 24.3 Å². The van der Waals surface area contributed by atoms with Crippen molar-refractivity contribution in [1.82, 2.24) is 9.97 Å². The Hall–Kier alpha value is -1.97. The van der Waals surface area contributed by atoms with Crippen LogP contribution in [0.1, 0.15) is 23.1 Å². The summed E-state index contributed by atoms with van der Waals surface area (Å²) in [6.07, 6.45) is 0.649. The molecule has 0 bridgehead atoms. The highest BCUT2D eigenvalue weighted by atomic mass is 16.1. The number of amides is 1. The van der Waals surface area contributed by atoms with Crippen molar-refractivity contribution < 1.29 is 4.79 Å². The number of aromatic nitrogens is 2. The number of primary amides is 1. The van der Waals surface area contributed by atoms with Crippen molar-refractivity contribution in [2.45, 2.75) is 13.3 Å². The minimum Gasteiger partial charge on any atom is -0.364 e. The first kappa shape index (κ1) is 9.58. The summed E-state index contributed by atoms with van der Waals surface area (Å²) in [4.78, 5) is 19.7. The molecule has 4 heteroatoms. The van der Waals surface area contributed by atoms with Gasteiger partial charge in [-0.25, -0.2) is 9.97 Å². The SMILES string of the molecule is CCc1nc2ccccc2nc1C(N)=O. The molecule has 0 aliphatic rings. The molecule has 2 rings (SSSR count). The first-order chi connectivity index (χ1) is 7.22. The molecular weight excluding hydrogens is 190 g/mol. The number of nitrogens with two attached hydrogens (primary N) is 1. The van der Waals surface area contributed by atoms with Gasteiger partial charge in [0.25, 0.3) is 5.91 Å². The maximum Gasteiger partial charge on any atom is 0.269 e. The Balaban J connectivity index is 2.74. The summed E-state index contributed by atoms with van der Waals surface area (Å²) in [5, 5.41) is 0. The maximum atomic E-state index is 11.1. The van der Waals surface area contributed by atoms with E-state index in [4.69, 9.17) is 5.73 Å². The number of benzene rings is 1. The molecule has 0 atom stereocenters. The summed E-state index contributed by atoms with van der Waals surface area (Å²) in [6.45, 7) is 1.92. The number of aryl methyl sites for hydroxylation is 1. The van der Waals surface area contributed by atoms with E-state index in [9.17, 15) is 4.79 Å². The van der Waals surface area contributed by atoms with Crippen LogP contribution in [0.5, 0.6) is 0 Å². The van der Waals surface area contributed by atoms with E-state index in [1.165, 1.54) is 0 Å². The fourth-order valence-electron chi connectivity index (χ4n) is 1.48. The molecule has 1 aromatic heterocycles. The fraction of sp³-hybridized carbons (Fsp3) is 0.182. The Labute approximate surface area is 87.1 Å². The third kappa shape index (κ3) is 1.66. The van der Waals surface area contributed by atoms with Gasteiger partial charge in [0.05, 0.1) is 16.7 Å². The zero-order valence-corrected chi connectivity index (χ0v) is 8.40. The molecule has 1 heterocycles. The highest BCUT2D eigenvalue weighted by Gasteiger charge is 2.11. The third-order valence-electron chi connectivity index (χ3n) is 2.21. The number of rotatable bonds is 2. The summed E-state index contributed by atoms with van der Waals surface area (Å²) >= 11 is 0. The molecule has 2 N–H and O–H groups in total. The van der Waals surface area contributed by atoms with Crippen LogP contribution in [0, 0.1) is 0 Å². The van der Waals surface area contributed by atoms with Crippen molar-refractivity contribution in [2.24, 2.45) is 5.73 Å². The van der Waals surface area contributed by atoms with Gasteiger partial charge < -0.3 is 5.73 Å². The number of carbonyl (C=O) groups is 1. The van der Waals surface area contributed by atoms with Crippen LogP contribution in [0.2, 0.25) is 0 Å². The Morgan fingerprint density at radius 2 is 1.87 bits per heavy atom. The Kier molecular flexibility index (Phi) is 2.33. The van der Waals surface area contributed by atoms with Gasteiger partial charge in [0.2, 0.25) is 0 Å². The first-order valence-corrected chi connectivity index (χ1v) is 4.78. The molecule has 76 valence electrons. The van der Waals surface area contributed by atoms with E-state index in [1.54, 1.807) is 0 Å². The van der Waals surface area contributed by atoms with Crippen molar-refractivity contribution in [3.8, 4) is 0 Å². The number of hydrogen-bond acceptors (Lipinski definition) is 3. The molecule has 0 aliphatic carbocycles. The van der Waals surface area contributed by atoms with Crippen LogP contribution in [0.3, 0.4) is 0 Å². The summed E-state index contributed by atoms with van der Waals surface area (Å²) in [5.74, 6) is -0.523. The Bertz CT molecular complexity index is 522. The molecule has 4 nitrogen and oxygen atoms in total. The van der Waals surface area contributed by atoms with Crippen LogP contribution in [0.4, 0.5) is 0 Å². The second-order valence-corrected chi connectivity index (χ2v) is 3.23. The third-order valence-corrected chi connectivity index (χ3v) is 2.21. The predicted molar refractivity (Wildman–Crippen MR) is 57.4 cm³/mol. The molecule has 0 radical (unpaired) electrons. The van der Waals surface area contributed by atoms with Crippen molar-refractivity contribution in [1.29, 1.82) is 0 Å². The molecule has 0 saturated heterocycles. The monoisotopic (exact) mass is 201 g/mol. The minimum atomic E-state index is -0.523. The van der Waals surface area contributed by atoms with Crippen LogP contribution in [-0.4, -0.2) is 15.9 Å². The smallest absolute Gasteiger partial charge is 0.269 e. The average Bonchev–Trinajstić information content (AvgIpc) is 2.27. The van der Waals surface area contributed by atoms with Gasteiger partial charge in [-0.05, 0) is 18.6 Å². The van der Waals surface area contributed by atoms with Gasteiger partial charge in [0.15, 0.2) is 0 Å². The zero-order chi connectivity index (χ0) is 10.8. The van der Waals surface area contributed by atoms with Crippen LogP contribution in [-0.2, 0) is 6.42 Å². The lowest BCUT2D eigenvalue weighted by atomic mass is 10.2. The molecule has 2 aromatic rings. The standard InChI is InChI=1S/C11H11N3O/c1-2-7-10(11(12)15)14-9-6-4-3-5-8(9)13-7/h3-6H,2H2,1H3,(H2,12,15). The predicted octanol–water partition coefficient (Wildman–Crippen LogP) is 1.29. The summed E-state index contributed by atoms with van der Waals surface area (Å²) in [6, 6.07) is 7.42. The number of nitrogens with zero attached hydrogens (tertiary/aromatic N) is 2. The molecule has 1 amide bonds. The van der Waals surface area contributed by atoms with Gasteiger partial charge in [-0.1, -0.05) is 19.1 Å². The molecule has 0 fully saturated rings. The second-order valence-electron chi connectivity index (χ2n) is 3.23. The van der Waals surface area contributed by atoms with Crippen molar-refractivity contribution in [3.63, 3.8) is 0 Å². The van der Waals surface area contributed by atoms with Gasteiger partial charge in [0.1, 0.15) is 5.69 Å². The number of para-hydroxylation sites is 2. The van der Waals surface area contributed by atoms with Gasteiger partial charge in [-0.15, -0.1) is 0 Å². The van der Waals surface area contributed by atoms with Gasteiger partial charge in [0, 0.05) is 0 Å². The lowest BCUT2D eigenvalue weighted by Crippen LogP contribution is -2.17. The number of hydrogen-bond donors (Lipinski definition) is 1. The second kappa shape index (κ2) is 3.65. The largest absolute Gasteiger partial charge is 0.364 e. The van der Waals surface area contributed by atoms with Crippen molar-refractivity contribution in [3.05, 3.63) is 35.7 Å². The average molecular weight is 201 g/mol. The van der Waals surface area contributed by atoms with Gasteiger partial charge in [-0.2, -0.15) is 0 Å². The van der Waals surface area contributed by atoms with Gasteiger partial charge in [-0.3, -0.25) is 4.79 Å². The van der Waals surface area contributed by atoms with Crippen LogP contribution >= 0.6 is 0 Å². The van der Waals surface area contributed by atoms with Gasteiger partial charge >= 0.3 is 0 Å². The maximum absolute atomic E-state index is 11.1. The van der Waals surface area contributed by atoms with E-state index >= 15 is 0 Å². The van der Waals surface area contributed by atoms with Crippen molar-refractivity contribution in [2.75, 3.05) is 0 Å². The Morgan fingerprint density at radius 3 is 2.40 bits per heavy atom. The minimum absolute atomic E-state index is 0.274. The molecule has 15 heavy (non-hydrogen) atoms. The molecule has 0 saturated carbocycles. The van der Waals surface area contributed by atoms with E-state index in [2.05, 4.69) is 9.97 Å². The van der Waals surface area contributed by atoms with E-state index in [0.717, 1.165) is 5.52 Å². The highest BCUT2D eigenvalue weighted by molar-refractivity contribution is 5.93. The first-order valence-electron chi connectivity index (χ1n) is 4.78. The summed E-state index contributed by atoms with van der Waals surface area (Å²) in [7, 11) is 0. The highest BCUT2D eigenvalue weighted by Crippen LogP contribution is 2.12. The van der Waals surface area contributed by atoms with E-state index in [0.29, 0.717) is 17.6 Å². The van der Waals surface area contributed by atoms with E-state index in [-0.39, 0.29) is 5.69 Å². The molecular formula is C11H11N3O. The quantitative estimate of drug-likeness (QED) is 0.796.